The molecule has 0 N–H and O–H groups in total. The molecule has 4 nitrogen and oxygen atoms in total. The zero-order valence-corrected chi connectivity index (χ0v) is 24.9. The van der Waals surface area contributed by atoms with E-state index >= 15 is 0 Å². The Kier molecular flexibility index (Phi) is 11.4. The van der Waals surface area contributed by atoms with Crippen LogP contribution >= 0.6 is 0 Å². The van der Waals surface area contributed by atoms with Crippen LogP contribution in [-0.2, 0) is 10.8 Å². The Morgan fingerprint density at radius 2 is 1.26 bits per heavy atom. The fraction of sp³-hybridized carbons (Fsp3) is 0.500. The number of hydrogen-bond acceptors (Lipinski definition) is 4. The Hall–Kier alpha value is -3.49. The summed E-state index contributed by atoms with van der Waals surface area (Å²) in [7, 11) is 0. The fourth-order valence-electron chi connectivity index (χ4n) is 5.83. The van der Waals surface area contributed by atoms with Crippen molar-refractivity contribution in [2.75, 3.05) is 0 Å². The van der Waals surface area contributed by atoms with Crippen molar-refractivity contribution < 1.29 is 67.2 Å². The van der Waals surface area contributed by atoms with Crippen LogP contribution < -0.4 is 14.2 Å². The van der Waals surface area contributed by atoms with Gasteiger partial charge in [-0.1, -0.05) is 12.2 Å². The molecule has 2 fully saturated rings. The highest BCUT2D eigenvalue weighted by Gasteiger charge is 2.49. The van der Waals surface area contributed by atoms with Crippen molar-refractivity contribution in [3.05, 3.63) is 77.8 Å². The Bertz CT molecular complexity index is 1400. The van der Waals surface area contributed by atoms with Crippen LogP contribution in [0.4, 0.5) is 48.3 Å². The third-order valence-electron chi connectivity index (χ3n) is 8.17. The van der Waals surface area contributed by atoms with Gasteiger partial charge in [0.15, 0.2) is 17.8 Å². The molecule has 260 valence electrons. The van der Waals surface area contributed by atoms with Crippen LogP contribution in [0.2, 0.25) is 0 Å². The summed E-state index contributed by atoms with van der Waals surface area (Å²) in [5.41, 5.74) is -2.01. The molecular weight excluding hydrogens is 657 g/mol. The Morgan fingerprint density at radius 3 is 1.81 bits per heavy atom. The van der Waals surface area contributed by atoms with Gasteiger partial charge in [0.25, 0.3) is 0 Å². The third kappa shape index (κ3) is 9.32. The smallest absolute Gasteiger partial charge is 0.432 e. The van der Waals surface area contributed by atoms with Gasteiger partial charge in [-0.25, -0.2) is 13.2 Å². The van der Waals surface area contributed by atoms with E-state index in [-0.39, 0.29) is 68.9 Å². The largest absolute Gasteiger partial charge is 0.456 e. The van der Waals surface area contributed by atoms with E-state index < -0.39 is 82.6 Å². The maximum atomic E-state index is 15.0. The number of alkyl halides is 6. The molecule has 0 aromatic heterocycles. The molecule has 15 heteroatoms. The monoisotopic (exact) mass is 688 g/mol. The maximum Gasteiger partial charge on any atom is 0.432 e. The summed E-state index contributed by atoms with van der Waals surface area (Å²) in [4.78, 5) is 0. The van der Waals surface area contributed by atoms with E-state index in [9.17, 15) is 48.3 Å². The van der Waals surface area contributed by atoms with E-state index in [4.69, 9.17) is 4.74 Å². The minimum absolute atomic E-state index is 0.0826. The first-order valence-electron chi connectivity index (χ1n) is 14.8. The second-order valence-electron chi connectivity index (χ2n) is 11.5. The second-order valence-corrected chi connectivity index (χ2v) is 11.5. The minimum atomic E-state index is -4.80. The molecule has 0 unspecified atom stereocenters. The van der Waals surface area contributed by atoms with Crippen molar-refractivity contribution in [1.29, 1.82) is 0 Å². The Balaban J connectivity index is 1.35. The summed E-state index contributed by atoms with van der Waals surface area (Å²) in [5, 5.41) is 0. The lowest BCUT2D eigenvalue weighted by molar-refractivity contribution is -0.305. The van der Waals surface area contributed by atoms with Crippen LogP contribution in [0.3, 0.4) is 0 Å². The van der Waals surface area contributed by atoms with Gasteiger partial charge in [0.1, 0.15) is 28.7 Å². The SMILES string of the molecule is CC=CC1CCC(C(F)(F)OC2CCC(C(F)(F)Oc3cc(F)c(C(F)(F)Oc4ccc(OC=C(F)F)c(F)c4)c(F)c3)CC2)CC1. The third-order valence-corrected chi connectivity index (χ3v) is 8.17. The van der Waals surface area contributed by atoms with Gasteiger partial charge in [-0.15, -0.1) is 0 Å². The van der Waals surface area contributed by atoms with E-state index in [1.54, 1.807) is 0 Å². The standard InChI is InChI=1S/C32H31F11O4/c1-2-3-18-4-6-19(7-5-18)30(38,39)45-21-10-8-20(9-11-21)31(40,41)47-23-15-25(34)29(26(35)16-23)32(42,43)46-22-12-13-27(24(33)14-22)44-17-28(36)37/h2-3,12-21H,4-11H2,1H3. The topological polar surface area (TPSA) is 36.9 Å². The molecule has 2 saturated carbocycles. The second kappa shape index (κ2) is 14.7. The molecule has 0 heterocycles. The highest BCUT2D eigenvalue weighted by molar-refractivity contribution is 5.36. The first-order valence-corrected chi connectivity index (χ1v) is 14.8. The lowest BCUT2D eigenvalue weighted by Crippen LogP contribution is -2.42. The van der Waals surface area contributed by atoms with E-state index in [0.29, 0.717) is 25.0 Å². The molecule has 0 bridgehead atoms. The maximum absolute atomic E-state index is 15.0. The molecule has 4 rings (SSSR count). The zero-order valence-electron chi connectivity index (χ0n) is 24.9. The summed E-state index contributed by atoms with van der Waals surface area (Å²) < 4.78 is 175. The Morgan fingerprint density at radius 1 is 0.702 bits per heavy atom. The lowest BCUT2D eigenvalue weighted by atomic mass is 9.81. The number of rotatable bonds is 12. The highest BCUT2D eigenvalue weighted by Crippen LogP contribution is 2.45. The first-order chi connectivity index (χ1) is 22.0. The number of ether oxygens (including phenoxy) is 4. The van der Waals surface area contributed by atoms with Crippen LogP contribution in [0.15, 0.2) is 54.8 Å². The van der Waals surface area contributed by atoms with Gasteiger partial charge in [-0.2, -0.15) is 35.1 Å². The van der Waals surface area contributed by atoms with Gasteiger partial charge in [0, 0.05) is 18.2 Å². The molecule has 0 spiro atoms. The molecule has 47 heavy (non-hydrogen) atoms. The molecule has 2 aromatic rings. The van der Waals surface area contributed by atoms with Gasteiger partial charge in [-0.05, 0) is 76.3 Å². The highest BCUT2D eigenvalue weighted by atomic mass is 19.3. The molecule has 2 aliphatic rings. The minimum Gasteiger partial charge on any atom is -0.456 e. The zero-order chi connectivity index (χ0) is 34.6. The van der Waals surface area contributed by atoms with Gasteiger partial charge < -0.3 is 18.9 Å². The number of allylic oxidation sites excluding steroid dienone is 2. The molecule has 2 aromatic carbocycles. The van der Waals surface area contributed by atoms with Gasteiger partial charge in [-0.3, -0.25) is 0 Å². The van der Waals surface area contributed by atoms with Crippen molar-refractivity contribution in [1.82, 2.24) is 0 Å². The predicted molar refractivity (Wildman–Crippen MR) is 146 cm³/mol. The van der Waals surface area contributed by atoms with Crippen LogP contribution in [0.1, 0.15) is 63.9 Å². The quantitative estimate of drug-likeness (QED) is 0.126. The van der Waals surface area contributed by atoms with E-state index in [1.807, 2.05) is 19.1 Å². The summed E-state index contributed by atoms with van der Waals surface area (Å²) in [5.74, 6) is -10.7. The normalized spacial score (nSPS) is 22.6. The predicted octanol–water partition coefficient (Wildman–Crippen LogP) is 10.9. The van der Waals surface area contributed by atoms with Crippen molar-refractivity contribution in [2.45, 2.75) is 82.7 Å². The average Bonchev–Trinajstić information content (AvgIpc) is 2.96. The van der Waals surface area contributed by atoms with Gasteiger partial charge in [0.05, 0.1) is 17.9 Å². The van der Waals surface area contributed by atoms with E-state index in [0.717, 1.165) is 0 Å². The van der Waals surface area contributed by atoms with Gasteiger partial charge >= 0.3 is 24.4 Å². The number of benzene rings is 2. The summed E-state index contributed by atoms with van der Waals surface area (Å²) in [6.07, 6.45) is -11.1. The lowest BCUT2D eigenvalue weighted by Gasteiger charge is -2.37. The fourth-order valence-corrected chi connectivity index (χ4v) is 5.83. The summed E-state index contributed by atoms with van der Waals surface area (Å²) in [6, 6.07) is 1.71. The molecular formula is C32H31F11O4. The van der Waals surface area contributed by atoms with E-state index in [1.165, 1.54) is 0 Å². The number of hydrogen-bond donors (Lipinski definition) is 0. The molecule has 2 aliphatic carbocycles. The molecule has 0 radical (unpaired) electrons. The van der Waals surface area contributed by atoms with E-state index in [2.05, 4.69) is 14.2 Å². The van der Waals surface area contributed by atoms with Crippen molar-refractivity contribution in [3.8, 4) is 17.2 Å². The van der Waals surface area contributed by atoms with Gasteiger partial charge in [0.2, 0.25) is 0 Å². The van der Waals surface area contributed by atoms with Crippen LogP contribution in [0.25, 0.3) is 0 Å². The van der Waals surface area contributed by atoms with Crippen molar-refractivity contribution >= 4 is 0 Å². The first kappa shape index (κ1) is 36.3. The molecule has 0 atom stereocenters. The van der Waals surface area contributed by atoms with Crippen LogP contribution in [0, 0.1) is 35.2 Å². The van der Waals surface area contributed by atoms with Crippen molar-refractivity contribution in [3.63, 3.8) is 0 Å². The molecule has 0 saturated heterocycles. The Labute approximate surface area is 263 Å². The number of halogens is 11. The molecule has 0 amide bonds. The van der Waals surface area contributed by atoms with Crippen LogP contribution in [-0.4, -0.2) is 18.3 Å². The summed E-state index contributed by atoms with van der Waals surface area (Å²) >= 11 is 0. The summed E-state index contributed by atoms with van der Waals surface area (Å²) in [6.45, 7) is 1.86. The molecule has 0 aliphatic heterocycles. The average molecular weight is 689 g/mol. The van der Waals surface area contributed by atoms with Crippen LogP contribution in [0.5, 0.6) is 17.2 Å². The van der Waals surface area contributed by atoms with Crippen molar-refractivity contribution in [2.24, 2.45) is 17.8 Å².